The van der Waals surface area contributed by atoms with E-state index in [9.17, 15) is 14.4 Å². The molecule has 1 aliphatic rings. The first-order valence-corrected chi connectivity index (χ1v) is 11.6. The number of amides is 2. The van der Waals surface area contributed by atoms with Gasteiger partial charge >= 0.3 is 5.97 Å². The van der Waals surface area contributed by atoms with Gasteiger partial charge in [0.25, 0.3) is 5.91 Å². The van der Waals surface area contributed by atoms with Crippen LogP contribution in [0.15, 0.2) is 5.16 Å². The molecule has 0 aliphatic carbocycles. The summed E-state index contributed by atoms with van der Waals surface area (Å²) in [7, 11) is 1.23. The zero-order valence-corrected chi connectivity index (χ0v) is 19.2. The summed E-state index contributed by atoms with van der Waals surface area (Å²) in [4.78, 5) is 36.6. The van der Waals surface area contributed by atoms with E-state index in [0.29, 0.717) is 17.3 Å². The molecular formula is C19H25N5O5S2. The number of nitrogens with one attached hydrogen (secondary N) is 1. The molecule has 31 heavy (non-hydrogen) atoms. The molecule has 3 N–H and O–H groups in total. The number of thiophene rings is 1. The van der Waals surface area contributed by atoms with Gasteiger partial charge in [-0.15, -0.1) is 21.5 Å². The van der Waals surface area contributed by atoms with E-state index in [-0.39, 0.29) is 33.2 Å². The molecule has 2 amide bonds. The van der Waals surface area contributed by atoms with Crippen LogP contribution in [-0.2, 0) is 27.2 Å². The second-order valence-corrected chi connectivity index (χ2v) is 8.91. The maximum Gasteiger partial charge on any atom is 0.341 e. The van der Waals surface area contributed by atoms with Gasteiger partial charge in [-0.1, -0.05) is 18.7 Å². The Morgan fingerprint density at radius 3 is 2.77 bits per heavy atom. The number of esters is 1. The molecule has 1 saturated heterocycles. The number of carbonyl (C=O) groups is 3. The topological polar surface area (TPSA) is 138 Å². The lowest BCUT2D eigenvalue weighted by atomic mass is 10.1. The minimum Gasteiger partial charge on any atom is -0.465 e. The molecule has 2 aromatic heterocycles. The standard InChI is InChI=1S/C19H25N5O5S2/c1-4-12-22-23-19(24(12)8-11-6-5-7-29-11)30-9-13(25)21-17-14(18(27)28-3)10(2)15(31-17)16(20)26/h11H,4-9H2,1-3H3,(H2,20,26)(H,21,25). The fourth-order valence-electron chi connectivity index (χ4n) is 3.34. The Morgan fingerprint density at radius 1 is 1.39 bits per heavy atom. The van der Waals surface area contributed by atoms with Crippen LogP contribution in [-0.4, -0.2) is 58.1 Å². The van der Waals surface area contributed by atoms with E-state index in [1.807, 2.05) is 11.5 Å². The Bertz CT molecular complexity index is 981. The Balaban J connectivity index is 1.71. The number of ether oxygens (including phenoxy) is 2. The predicted molar refractivity (Wildman–Crippen MR) is 117 cm³/mol. The number of aromatic nitrogens is 3. The van der Waals surface area contributed by atoms with Crippen molar-refractivity contribution in [3.63, 3.8) is 0 Å². The molecule has 1 atom stereocenters. The van der Waals surface area contributed by atoms with Gasteiger partial charge in [-0.25, -0.2) is 4.79 Å². The van der Waals surface area contributed by atoms with Gasteiger partial charge in [0, 0.05) is 13.0 Å². The van der Waals surface area contributed by atoms with Crippen molar-refractivity contribution in [3.8, 4) is 0 Å². The molecule has 1 aliphatic heterocycles. The van der Waals surface area contributed by atoms with Crippen LogP contribution in [0.3, 0.4) is 0 Å². The van der Waals surface area contributed by atoms with E-state index in [0.717, 1.165) is 43.0 Å². The van der Waals surface area contributed by atoms with Crippen molar-refractivity contribution in [2.24, 2.45) is 5.73 Å². The van der Waals surface area contributed by atoms with Crippen molar-refractivity contribution in [1.29, 1.82) is 0 Å². The average Bonchev–Trinajstić information content (AvgIpc) is 3.46. The third kappa shape index (κ3) is 5.25. The molecule has 12 heteroatoms. The molecule has 0 saturated carbocycles. The monoisotopic (exact) mass is 467 g/mol. The first kappa shape index (κ1) is 23.2. The van der Waals surface area contributed by atoms with E-state index in [1.165, 1.54) is 18.9 Å². The van der Waals surface area contributed by atoms with Crippen molar-refractivity contribution >= 4 is 45.9 Å². The Kier molecular flexibility index (Phi) is 7.68. The van der Waals surface area contributed by atoms with Crippen LogP contribution in [0.4, 0.5) is 5.00 Å². The summed E-state index contributed by atoms with van der Waals surface area (Å²) in [5.41, 5.74) is 5.90. The number of nitrogens with zero attached hydrogens (tertiary/aromatic N) is 3. The van der Waals surface area contributed by atoms with Crippen molar-refractivity contribution in [2.75, 3.05) is 24.8 Å². The minimum absolute atomic E-state index is 0.0524. The van der Waals surface area contributed by atoms with Crippen LogP contribution in [0.5, 0.6) is 0 Å². The highest BCUT2D eigenvalue weighted by molar-refractivity contribution is 7.99. The highest BCUT2D eigenvalue weighted by Crippen LogP contribution is 2.33. The summed E-state index contributed by atoms with van der Waals surface area (Å²) >= 11 is 2.20. The molecule has 1 unspecified atom stereocenters. The van der Waals surface area contributed by atoms with Crippen LogP contribution in [0.1, 0.15) is 51.2 Å². The summed E-state index contributed by atoms with van der Waals surface area (Å²) in [6.45, 7) is 5.00. The molecule has 2 aromatic rings. The number of methoxy groups -OCH3 is 1. The van der Waals surface area contributed by atoms with Gasteiger partial charge in [0.05, 0.1) is 36.0 Å². The first-order chi connectivity index (χ1) is 14.8. The molecule has 3 heterocycles. The second-order valence-electron chi connectivity index (χ2n) is 6.95. The number of anilines is 1. The Morgan fingerprint density at radius 2 is 2.16 bits per heavy atom. The molecular weight excluding hydrogens is 442 g/mol. The maximum atomic E-state index is 12.6. The number of thioether (sulfide) groups is 1. The number of aryl methyl sites for hydroxylation is 1. The molecule has 0 bridgehead atoms. The molecule has 0 radical (unpaired) electrons. The van der Waals surface area contributed by atoms with E-state index < -0.39 is 11.9 Å². The number of rotatable bonds is 9. The molecule has 0 aromatic carbocycles. The zero-order chi connectivity index (χ0) is 22.5. The Hall–Kier alpha value is -2.44. The molecule has 10 nitrogen and oxygen atoms in total. The van der Waals surface area contributed by atoms with Crippen molar-refractivity contribution in [2.45, 2.75) is 50.9 Å². The number of carbonyl (C=O) groups excluding carboxylic acids is 3. The number of hydrogen-bond acceptors (Lipinski definition) is 9. The lowest BCUT2D eigenvalue weighted by Crippen LogP contribution is -2.19. The molecule has 1 fully saturated rings. The first-order valence-electron chi connectivity index (χ1n) is 9.83. The molecule has 0 spiro atoms. The molecule has 3 rings (SSSR count). The van der Waals surface area contributed by atoms with Crippen molar-refractivity contribution < 1.29 is 23.9 Å². The Labute approximate surface area is 187 Å². The van der Waals surface area contributed by atoms with Gasteiger partial charge in [-0.05, 0) is 25.3 Å². The smallest absolute Gasteiger partial charge is 0.341 e. The van der Waals surface area contributed by atoms with E-state index in [4.69, 9.17) is 15.2 Å². The van der Waals surface area contributed by atoms with Gasteiger partial charge in [0.15, 0.2) is 5.16 Å². The van der Waals surface area contributed by atoms with E-state index in [2.05, 4.69) is 15.5 Å². The zero-order valence-electron chi connectivity index (χ0n) is 17.6. The summed E-state index contributed by atoms with van der Waals surface area (Å²) in [6, 6.07) is 0. The SMILES string of the molecule is CCc1nnc(SCC(=O)Nc2sc(C(N)=O)c(C)c2C(=O)OC)n1CC1CCCO1. The summed E-state index contributed by atoms with van der Waals surface area (Å²) in [6.07, 6.45) is 2.87. The number of hydrogen-bond donors (Lipinski definition) is 2. The lowest BCUT2D eigenvalue weighted by Gasteiger charge is -2.14. The average molecular weight is 468 g/mol. The summed E-state index contributed by atoms with van der Waals surface area (Å²) in [5.74, 6) is -0.773. The minimum atomic E-state index is -0.670. The van der Waals surface area contributed by atoms with Crippen molar-refractivity contribution in [1.82, 2.24) is 14.8 Å². The quantitative estimate of drug-likeness (QED) is 0.422. The number of primary amides is 1. The van der Waals surface area contributed by atoms with Crippen LogP contribution < -0.4 is 11.1 Å². The molecule has 168 valence electrons. The van der Waals surface area contributed by atoms with E-state index >= 15 is 0 Å². The van der Waals surface area contributed by atoms with Gasteiger partial charge in [0.2, 0.25) is 5.91 Å². The number of nitrogens with two attached hydrogens (primary N) is 1. The summed E-state index contributed by atoms with van der Waals surface area (Å²) < 4.78 is 12.5. The van der Waals surface area contributed by atoms with Crippen molar-refractivity contribution in [3.05, 3.63) is 21.8 Å². The second kappa shape index (κ2) is 10.2. The van der Waals surface area contributed by atoms with Gasteiger partial charge in [-0.3, -0.25) is 9.59 Å². The van der Waals surface area contributed by atoms with Crippen LogP contribution in [0, 0.1) is 6.92 Å². The lowest BCUT2D eigenvalue weighted by molar-refractivity contribution is -0.113. The van der Waals surface area contributed by atoms with E-state index in [1.54, 1.807) is 6.92 Å². The van der Waals surface area contributed by atoms with Gasteiger partial charge in [0.1, 0.15) is 10.8 Å². The van der Waals surface area contributed by atoms with Gasteiger partial charge < -0.3 is 25.1 Å². The third-order valence-corrected chi connectivity index (χ3v) is 7.05. The van der Waals surface area contributed by atoms with Gasteiger partial charge in [-0.2, -0.15) is 0 Å². The van der Waals surface area contributed by atoms with Crippen LogP contribution in [0.2, 0.25) is 0 Å². The van der Waals surface area contributed by atoms with Crippen LogP contribution in [0.25, 0.3) is 0 Å². The largest absolute Gasteiger partial charge is 0.465 e. The summed E-state index contributed by atoms with van der Waals surface area (Å²) in [5, 5.41) is 12.0. The van der Waals surface area contributed by atoms with Crippen LogP contribution >= 0.6 is 23.1 Å². The predicted octanol–water partition coefficient (Wildman–Crippen LogP) is 2.01. The highest BCUT2D eigenvalue weighted by Gasteiger charge is 2.26. The fourth-order valence-corrected chi connectivity index (χ4v) is 5.17. The fraction of sp³-hybridized carbons (Fsp3) is 0.526. The third-order valence-electron chi connectivity index (χ3n) is 4.87. The highest BCUT2D eigenvalue weighted by atomic mass is 32.2. The maximum absolute atomic E-state index is 12.6. The normalized spacial score (nSPS) is 15.8.